The fourth-order valence-electron chi connectivity index (χ4n) is 3.56. The number of hydrogen-bond donors (Lipinski definition) is 2. The number of nitrogens with zero attached hydrogens (tertiary/aromatic N) is 1. The van der Waals surface area contributed by atoms with Crippen LogP contribution in [0.2, 0.25) is 0 Å². The summed E-state index contributed by atoms with van der Waals surface area (Å²) in [6.45, 7) is 3.23. The van der Waals surface area contributed by atoms with E-state index in [0.29, 0.717) is 17.2 Å². The van der Waals surface area contributed by atoms with Crippen LogP contribution in [0.1, 0.15) is 19.6 Å². The van der Waals surface area contributed by atoms with E-state index in [1.54, 1.807) is 54.6 Å². The molecule has 3 rings (SSSR count). The van der Waals surface area contributed by atoms with Crippen molar-refractivity contribution in [2.24, 2.45) is 5.92 Å². The first-order valence-corrected chi connectivity index (χ1v) is 12.5. The molecule has 2 aromatic carbocycles. The van der Waals surface area contributed by atoms with Gasteiger partial charge in [-0.25, -0.2) is 13.1 Å². The van der Waals surface area contributed by atoms with Crippen LogP contribution in [0.4, 0.5) is 5.69 Å². The summed E-state index contributed by atoms with van der Waals surface area (Å²) in [4.78, 5) is 28.1. The molecule has 0 bridgehead atoms. The zero-order valence-corrected chi connectivity index (χ0v) is 20.6. The summed E-state index contributed by atoms with van der Waals surface area (Å²) in [7, 11) is -2.43. The summed E-state index contributed by atoms with van der Waals surface area (Å²) >= 11 is 0. The van der Waals surface area contributed by atoms with E-state index in [0.717, 1.165) is 0 Å². The third-order valence-corrected chi connectivity index (χ3v) is 6.68. The molecule has 2 amide bonds. The van der Waals surface area contributed by atoms with Crippen LogP contribution in [0.5, 0.6) is 5.75 Å². The third kappa shape index (κ3) is 6.71. The molecule has 9 nitrogen and oxygen atoms in total. The van der Waals surface area contributed by atoms with E-state index >= 15 is 0 Å². The summed E-state index contributed by atoms with van der Waals surface area (Å²) in [5, 5.41) is 2.80. The average Bonchev–Trinajstić information content (AvgIpc) is 3.38. The number of carbonyl (C=O) groups is 2. The van der Waals surface area contributed by atoms with Crippen molar-refractivity contribution in [3.63, 3.8) is 0 Å². The molecule has 0 unspecified atom stereocenters. The van der Waals surface area contributed by atoms with Crippen LogP contribution in [0.25, 0.3) is 0 Å². The number of anilines is 1. The Balaban J connectivity index is 1.89. The molecule has 0 aliphatic rings. The maximum absolute atomic E-state index is 13.5. The molecule has 0 radical (unpaired) electrons. The van der Waals surface area contributed by atoms with Gasteiger partial charge in [0.1, 0.15) is 17.6 Å². The number of benzene rings is 2. The number of methoxy groups -OCH3 is 1. The van der Waals surface area contributed by atoms with Crippen molar-refractivity contribution >= 4 is 27.5 Å². The van der Waals surface area contributed by atoms with Crippen molar-refractivity contribution in [1.82, 2.24) is 10.0 Å². The van der Waals surface area contributed by atoms with Crippen LogP contribution >= 0.6 is 0 Å². The number of furan rings is 1. The Bertz CT molecular complexity index is 1230. The molecule has 186 valence electrons. The maximum Gasteiger partial charge on any atom is 0.243 e. The molecular formula is C25H29N3O6S. The van der Waals surface area contributed by atoms with Crippen LogP contribution in [0.15, 0.2) is 82.3 Å². The lowest BCUT2D eigenvalue weighted by Gasteiger charge is -2.33. The third-order valence-electron chi connectivity index (χ3n) is 5.26. The molecule has 1 atom stereocenters. The van der Waals surface area contributed by atoms with Crippen molar-refractivity contribution in [1.29, 1.82) is 0 Å². The molecule has 0 fully saturated rings. The van der Waals surface area contributed by atoms with Crippen molar-refractivity contribution in [2.45, 2.75) is 31.3 Å². The van der Waals surface area contributed by atoms with Gasteiger partial charge in [-0.15, -0.1) is 0 Å². The standard InChI is InChI=1S/C25H29N3O6S/c1-18(2)24(25(30)26-16-21-11-8-14-34-21)28(19-9-7-10-20(15-19)33-3)23(29)17-27-35(31,32)22-12-5-4-6-13-22/h4-15,18,24,27H,16-17H2,1-3H3,(H,26,30)/t24-/m0/s1. The van der Waals surface area contributed by atoms with Gasteiger partial charge in [0.25, 0.3) is 0 Å². The predicted molar refractivity (Wildman–Crippen MR) is 131 cm³/mol. The van der Waals surface area contributed by atoms with Gasteiger partial charge >= 0.3 is 0 Å². The summed E-state index contributed by atoms with van der Waals surface area (Å²) in [6, 6.07) is 17.0. The highest BCUT2D eigenvalue weighted by molar-refractivity contribution is 7.89. The molecule has 35 heavy (non-hydrogen) atoms. The number of hydrogen-bond acceptors (Lipinski definition) is 6. The van der Waals surface area contributed by atoms with Crippen molar-refractivity contribution < 1.29 is 27.2 Å². The van der Waals surface area contributed by atoms with Gasteiger partial charge in [0.2, 0.25) is 21.8 Å². The molecule has 1 heterocycles. The highest BCUT2D eigenvalue weighted by Gasteiger charge is 2.34. The lowest BCUT2D eigenvalue weighted by atomic mass is 10.00. The van der Waals surface area contributed by atoms with E-state index in [1.807, 2.05) is 13.8 Å². The van der Waals surface area contributed by atoms with Crippen LogP contribution in [-0.2, 0) is 26.2 Å². The predicted octanol–water partition coefficient (Wildman–Crippen LogP) is 2.94. The average molecular weight is 500 g/mol. The van der Waals surface area contributed by atoms with E-state index in [1.165, 1.54) is 30.4 Å². The fourth-order valence-corrected chi connectivity index (χ4v) is 4.55. The first-order valence-electron chi connectivity index (χ1n) is 11.0. The molecule has 0 aliphatic heterocycles. The molecule has 2 N–H and O–H groups in total. The summed E-state index contributed by atoms with van der Waals surface area (Å²) in [5.74, 6) is -0.241. The van der Waals surface area contributed by atoms with Crippen LogP contribution in [-0.4, -0.2) is 39.9 Å². The fraction of sp³-hybridized carbons (Fsp3) is 0.280. The molecule has 1 aromatic heterocycles. The number of rotatable bonds is 11. The van der Waals surface area contributed by atoms with Crippen molar-refractivity contribution in [2.75, 3.05) is 18.6 Å². The van der Waals surface area contributed by atoms with Gasteiger partial charge in [-0.05, 0) is 42.3 Å². The topological polar surface area (TPSA) is 118 Å². The van der Waals surface area contributed by atoms with Gasteiger partial charge in [0, 0.05) is 11.8 Å². The first-order chi connectivity index (χ1) is 16.7. The van der Waals surface area contributed by atoms with E-state index in [2.05, 4.69) is 10.0 Å². The number of carbonyl (C=O) groups excluding carboxylic acids is 2. The van der Waals surface area contributed by atoms with Gasteiger partial charge in [-0.2, -0.15) is 0 Å². The summed E-state index contributed by atoms with van der Waals surface area (Å²) < 4.78 is 38.3. The summed E-state index contributed by atoms with van der Waals surface area (Å²) in [5.41, 5.74) is 0.403. The molecule has 0 aliphatic carbocycles. The Hall–Kier alpha value is -3.63. The Morgan fingerprint density at radius 2 is 1.77 bits per heavy atom. The van der Waals surface area contributed by atoms with E-state index in [9.17, 15) is 18.0 Å². The van der Waals surface area contributed by atoms with Gasteiger partial charge in [-0.1, -0.05) is 38.1 Å². The smallest absolute Gasteiger partial charge is 0.243 e. The maximum atomic E-state index is 13.5. The molecule has 0 saturated carbocycles. The lowest BCUT2D eigenvalue weighted by molar-refractivity contribution is -0.127. The van der Waals surface area contributed by atoms with Crippen LogP contribution in [0.3, 0.4) is 0 Å². The monoisotopic (exact) mass is 499 g/mol. The van der Waals surface area contributed by atoms with Gasteiger partial charge in [0.05, 0.1) is 31.4 Å². The zero-order chi connectivity index (χ0) is 25.4. The van der Waals surface area contributed by atoms with Crippen LogP contribution in [0, 0.1) is 5.92 Å². The van der Waals surface area contributed by atoms with Gasteiger partial charge < -0.3 is 14.5 Å². The Kier molecular flexibility index (Phi) is 8.67. The van der Waals surface area contributed by atoms with Crippen LogP contribution < -0.4 is 19.7 Å². The van der Waals surface area contributed by atoms with Gasteiger partial charge in [-0.3, -0.25) is 14.5 Å². The molecule has 10 heteroatoms. The lowest BCUT2D eigenvalue weighted by Crippen LogP contribution is -2.54. The minimum Gasteiger partial charge on any atom is -0.497 e. The molecular weight excluding hydrogens is 470 g/mol. The van der Waals surface area contributed by atoms with Crippen molar-refractivity contribution in [3.05, 3.63) is 78.8 Å². The van der Waals surface area contributed by atoms with E-state index in [-0.39, 0.29) is 17.4 Å². The highest BCUT2D eigenvalue weighted by Crippen LogP contribution is 2.26. The quantitative estimate of drug-likeness (QED) is 0.419. The van der Waals surface area contributed by atoms with Crippen molar-refractivity contribution in [3.8, 4) is 5.75 Å². The van der Waals surface area contributed by atoms with E-state index < -0.39 is 34.4 Å². The largest absolute Gasteiger partial charge is 0.497 e. The first kappa shape index (κ1) is 26.0. The number of ether oxygens (including phenoxy) is 1. The second-order valence-electron chi connectivity index (χ2n) is 8.09. The Morgan fingerprint density at radius 3 is 2.40 bits per heavy atom. The number of amides is 2. The second kappa shape index (κ2) is 11.7. The highest BCUT2D eigenvalue weighted by atomic mass is 32.2. The number of nitrogens with one attached hydrogen (secondary N) is 2. The Morgan fingerprint density at radius 1 is 1.03 bits per heavy atom. The molecule has 3 aromatic rings. The SMILES string of the molecule is COc1cccc(N(C(=O)CNS(=O)(=O)c2ccccc2)[C@H](C(=O)NCc2ccco2)C(C)C)c1. The second-order valence-corrected chi connectivity index (χ2v) is 9.86. The molecule has 0 spiro atoms. The zero-order valence-electron chi connectivity index (χ0n) is 19.8. The minimum atomic E-state index is -3.93. The summed E-state index contributed by atoms with van der Waals surface area (Å²) in [6.07, 6.45) is 1.51. The van der Waals surface area contributed by atoms with Gasteiger partial charge in [0.15, 0.2) is 0 Å². The van der Waals surface area contributed by atoms with E-state index in [4.69, 9.17) is 9.15 Å². The Labute approximate surface area is 205 Å². The number of sulfonamides is 1. The molecule has 0 saturated heterocycles. The minimum absolute atomic E-state index is 0.0392. The normalized spacial score (nSPS) is 12.2.